The lowest BCUT2D eigenvalue weighted by Gasteiger charge is -2.31. The van der Waals surface area contributed by atoms with Crippen LogP contribution >= 0.6 is 11.8 Å². The molecule has 2 rings (SSSR count). The van der Waals surface area contributed by atoms with Gasteiger partial charge in [-0.25, -0.2) is 0 Å². The van der Waals surface area contributed by atoms with Gasteiger partial charge < -0.3 is 15.4 Å². The topological polar surface area (TPSA) is 50.4 Å². The Labute approximate surface area is 107 Å². The largest absolute Gasteiger partial charge is 0.366 e. The molecule has 1 aliphatic carbocycles. The van der Waals surface area contributed by atoms with E-state index in [2.05, 4.69) is 16.9 Å². The SMILES string of the molecule is CSC1CCCC(NC(=O)C2CNCCO2)C1. The zero-order valence-electron chi connectivity index (χ0n) is 10.4. The molecule has 0 aromatic heterocycles. The molecule has 1 heterocycles. The molecule has 0 bridgehead atoms. The Kier molecular flexibility index (Phi) is 5.13. The Morgan fingerprint density at radius 2 is 2.35 bits per heavy atom. The van der Waals surface area contributed by atoms with Crippen molar-refractivity contribution in [3.8, 4) is 0 Å². The quantitative estimate of drug-likeness (QED) is 0.785. The summed E-state index contributed by atoms with van der Waals surface area (Å²) in [5.74, 6) is 0.0592. The molecule has 0 radical (unpaired) electrons. The molecular formula is C12H22N2O2S. The third kappa shape index (κ3) is 3.86. The van der Waals surface area contributed by atoms with E-state index in [0.29, 0.717) is 24.4 Å². The number of amides is 1. The number of ether oxygens (including phenoxy) is 1. The van der Waals surface area contributed by atoms with E-state index in [1.807, 2.05) is 11.8 Å². The van der Waals surface area contributed by atoms with Crippen molar-refractivity contribution in [1.82, 2.24) is 10.6 Å². The molecule has 3 atom stereocenters. The number of carbonyl (C=O) groups excluding carboxylic acids is 1. The standard InChI is InChI=1S/C12H22N2O2S/c1-17-10-4-2-3-9(7-10)14-12(15)11-8-13-5-6-16-11/h9-11,13H,2-8H2,1H3,(H,14,15). The minimum atomic E-state index is -0.293. The van der Waals surface area contributed by atoms with Crippen molar-refractivity contribution in [2.24, 2.45) is 0 Å². The Bertz CT molecular complexity index is 257. The van der Waals surface area contributed by atoms with Crippen LogP contribution in [-0.4, -0.2) is 49.3 Å². The molecule has 98 valence electrons. The first kappa shape index (κ1) is 13.2. The molecule has 0 spiro atoms. The first-order valence-corrected chi connectivity index (χ1v) is 7.74. The third-order valence-electron chi connectivity index (χ3n) is 3.53. The van der Waals surface area contributed by atoms with Gasteiger partial charge in [-0.05, 0) is 25.5 Å². The van der Waals surface area contributed by atoms with Crippen LogP contribution in [0.1, 0.15) is 25.7 Å². The summed E-state index contributed by atoms with van der Waals surface area (Å²) in [6.07, 6.45) is 6.59. The van der Waals surface area contributed by atoms with Crippen molar-refractivity contribution >= 4 is 17.7 Å². The molecule has 17 heavy (non-hydrogen) atoms. The highest BCUT2D eigenvalue weighted by Gasteiger charge is 2.27. The Morgan fingerprint density at radius 1 is 1.47 bits per heavy atom. The van der Waals surface area contributed by atoms with Gasteiger partial charge in [0, 0.05) is 24.4 Å². The zero-order chi connectivity index (χ0) is 12.1. The van der Waals surface area contributed by atoms with Crippen LogP contribution in [0.2, 0.25) is 0 Å². The van der Waals surface area contributed by atoms with Crippen LogP contribution in [0.5, 0.6) is 0 Å². The number of carbonyl (C=O) groups is 1. The average molecular weight is 258 g/mol. The van der Waals surface area contributed by atoms with Crippen LogP contribution in [0.4, 0.5) is 0 Å². The van der Waals surface area contributed by atoms with Gasteiger partial charge in [-0.3, -0.25) is 4.79 Å². The van der Waals surface area contributed by atoms with Crippen LogP contribution < -0.4 is 10.6 Å². The summed E-state index contributed by atoms with van der Waals surface area (Å²) in [6.45, 7) is 2.13. The highest BCUT2D eigenvalue weighted by atomic mass is 32.2. The molecule has 0 aromatic carbocycles. The molecule has 2 fully saturated rings. The van der Waals surface area contributed by atoms with Gasteiger partial charge in [-0.2, -0.15) is 11.8 Å². The zero-order valence-corrected chi connectivity index (χ0v) is 11.2. The number of hydrogen-bond acceptors (Lipinski definition) is 4. The van der Waals surface area contributed by atoms with E-state index < -0.39 is 0 Å². The van der Waals surface area contributed by atoms with Gasteiger partial charge in [-0.15, -0.1) is 0 Å². The average Bonchev–Trinajstić information content (AvgIpc) is 2.40. The normalized spacial score (nSPS) is 34.3. The molecule has 4 nitrogen and oxygen atoms in total. The fraction of sp³-hybridized carbons (Fsp3) is 0.917. The number of morpholine rings is 1. The van der Waals surface area contributed by atoms with E-state index in [0.717, 1.165) is 19.4 Å². The molecule has 1 saturated heterocycles. The van der Waals surface area contributed by atoms with E-state index in [1.165, 1.54) is 12.8 Å². The van der Waals surface area contributed by atoms with Crippen LogP contribution in [0, 0.1) is 0 Å². The predicted octanol–water partition coefficient (Wildman–Crippen LogP) is 0.765. The summed E-state index contributed by atoms with van der Waals surface area (Å²) in [7, 11) is 0. The maximum Gasteiger partial charge on any atom is 0.250 e. The molecule has 1 saturated carbocycles. The number of rotatable bonds is 3. The number of nitrogens with one attached hydrogen (secondary N) is 2. The Morgan fingerprint density at radius 3 is 3.06 bits per heavy atom. The molecule has 3 unspecified atom stereocenters. The summed E-state index contributed by atoms with van der Waals surface area (Å²) in [5.41, 5.74) is 0. The monoisotopic (exact) mass is 258 g/mol. The van der Waals surface area contributed by atoms with Gasteiger partial charge in [-0.1, -0.05) is 6.42 Å². The second-order valence-electron chi connectivity index (χ2n) is 4.79. The van der Waals surface area contributed by atoms with Crippen LogP contribution in [0.25, 0.3) is 0 Å². The molecule has 5 heteroatoms. The smallest absolute Gasteiger partial charge is 0.250 e. The summed E-state index contributed by atoms with van der Waals surface area (Å²) >= 11 is 1.92. The van der Waals surface area contributed by atoms with Crippen molar-refractivity contribution in [3.63, 3.8) is 0 Å². The van der Waals surface area contributed by atoms with Crippen LogP contribution in [-0.2, 0) is 9.53 Å². The number of hydrogen-bond donors (Lipinski definition) is 2. The fourth-order valence-electron chi connectivity index (χ4n) is 2.52. The maximum absolute atomic E-state index is 12.0. The van der Waals surface area contributed by atoms with Crippen molar-refractivity contribution in [2.75, 3.05) is 26.0 Å². The van der Waals surface area contributed by atoms with Gasteiger partial charge >= 0.3 is 0 Å². The molecule has 1 amide bonds. The van der Waals surface area contributed by atoms with Gasteiger partial charge in [0.15, 0.2) is 0 Å². The van der Waals surface area contributed by atoms with Crippen LogP contribution in [0.3, 0.4) is 0 Å². The minimum absolute atomic E-state index is 0.0592. The lowest BCUT2D eigenvalue weighted by molar-refractivity contribution is -0.135. The highest BCUT2D eigenvalue weighted by molar-refractivity contribution is 7.99. The van der Waals surface area contributed by atoms with Gasteiger partial charge in [0.1, 0.15) is 6.10 Å². The third-order valence-corrected chi connectivity index (χ3v) is 4.62. The first-order chi connectivity index (χ1) is 8.29. The van der Waals surface area contributed by atoms with Crippen molar-refractivity contribution < 1.29 is 9.53 Å². The van der Waals surface area contributed by atoms with Crippen molar-refractivity contribution in [1.29, 1.82) is 0 Å². The Balaban J connectivity index is 1.77. The van der Waals surface area contributed by atoms with E-state index in [4.69, 9.17) is 4.74 Å². The van der Waals surface area contributed by atoms with E-state index in [1.54, 1.807) is 0 Å². The van der Waals surface area contributed by atoms with Crippen LogP contribution in [0.15, 0.2) is 0 Å². The minimum Gasteiger partial charge on any atom is -0.366 e. The van der Waals surface area contributed by atoms with E-state index in [-0.39, 0.29) is 12.0 Å². The Hall–Kier alpha value is -0.260. The molecular weight excluding hydrogens is 236 g/mol. The molecule has 0 aromatic rings. The fourth-order valence-corrected chi connectivity index (χ4v) is 3.35. The highest BCUT2D eigenvalue weighted by Crippen LogP contribution is 2.26. The molecule has 2 aliphatic rings. The maximum atomic E-state index is 12.0. The summed E-state index contributed by atoms with van der Waals surface area (Å²) in [4.78, 5) is 12.0. The first-order valence-electron chi connectivity index (χ1n) is 6.45. The summed E-state index contributed by atoms with van der Waals surface area (Å²) < 4.78 is 5.45. The number of thioether (sulfide) groups is 1. The van der Waals surface area contributed by atoms with E-state index in [9.17, 15) is 4.79 Å². The summed E-state index contributed by atoms with van der Waals surface area (Å²) in [6, 6.07) is 0.347. The predicted molar refractivity (Wildman–Crippen MR) is 70.3 cm³/mol. The van der Waals surface area contributed by atoms with E-state index >= 15 is 0 Å². The second kappa shape index (κ2) is 6.61. The second-order valence-corrected chi connectivity index (χ2v) is 5.93. The van der Waals surface area contributed by atoms with Crippen molar-refractivity contribution in [3.05, 3.63) is 0 Å². The van der Waals surface area contributed by atoms with Gasteiger partial charge in [0.25, 0.3) is 5.91 Å². The summed E-state index contributed by atoms with van der Waals surface area (Å²) in [5, 5.41) is 7.03. The van der Waals surface area contributed by atoms with Crippen molar-refractivity contribution in [2.45, 2.75) is 43.1 Å². The van der Waals surface area contributed by atoms with Gasteiger partial charge in [0.05, 0.1) is 6.61 Å². The lowest BCUT2D eigenvalue weighted by atomic mass is 9.95. The lowest BCUT2D eigenvalue weighted by Crippen LogP contribution is -2.51. The van der Waals surface area contributed by atoms with Gasteiger partial charge in [0.2, 0.25) is 0 Å². The molecule has 1 aliphatic heterocycles. The molecule has 2 N–H and O–H groups in total.